The van der Waals surface area contributed by atoms with Crippen molar-refractivity contribution in [3.63, 3.8) is 0 Å². The van der Waals surface area contributed by atoms with Crippen molar-refractivity contribution in [2.24, 2.45) is 5.73 Å². The molecule has 1 saturated heterocycles. The Bertz CT molecular complexity index is 338. The molecule has 0 amide bonds. The third kappa shape index (κ3) is 2.73. The van der Waals surface area contributed by atoms with E-state index < -0.39 is 0 Å². The molecular formula is C13H21N3. The van der Waals surface area contributed by atoms with Gasteiger partial charge in [0.25, 0.3) is 0 Å². The van der Waals surface area contributed by atoms with Crippen molar-refractivity contribution in [1.82, 2.24) is 4.98 Å². The quantitative estimate of drug-likeness (QED) is 0.845. The fourth-order valence-electron chi connectivity index (χ4n) is 2.26. The number of aromatic nitrogens is 1. The number of nitrogens with zero attached hydrogens (tertiary/aromatic N) is 2. The summed E-state index contributed by atoms with van der Waals surface area (Å²) < 4.78 is 0. The molecule has 0 radical (unpaired) electrons. The van der Waals surface area contributed by atoms with Gasteiger partial charge in [0, 0.05) is 24.8 Å². The molecule has 1 aliphatic heterocycles. The van der Waals surface area contributed by atoms with Crippen LogP contribution in [0.2, 0.25) is 0 Å². The van der Waals surface area contributed by atoms with E-state index in [-0.39, 0.29) is 0 Å². The zero-order chi connectivity index (χ0) is 11.4. The Balaban J connectivity index is 2.09. The monoisotopic (exact) mass is 219 g/mol. The van der Waals surface area contributed by atoms with Gasteiger partial charge in [-0.2, -0.15) is 0 Å². The highest BCUT2D eigenvalue weighted by molar-refractivity contribution is 5.40. The molecule has 2 N–H and O–H groups in total. The van der Waals surface area contributed by atoms with Crippen molar-refractivity contribution in [3.05, 3.63) is 23.9 Å². The molecule has 0 aromatic carbocycles. The van der Waals surface area contributed by atoms with Crippen molar-refractivity contribution in [1.29, 1.82) is 0 Å². The highest BCUT2D eigenvalue weighted by Crippen LogP contribution is 2.17. The summed E-state index contributed by atoms with van der Waals surface area (Å²) in [5.41, 5.74) is 7.18. The SMILES string of the molecule is CCCc1cccc(N2CCCC(N)C2)n1. The van der Waals surface area contributed by atoms with Crippen LogP contribution in [0.5, 0.6) is 0 Å². The Kier molecular flexibility index (Phi) is 3.78. The van der Waals surface area contributed by atoms with Crippen LogP contribution in [0.1, 0.15) is 31.9 Å². The number of hydrogen-bond acceptors (Lipinski definition) is 3. The van der Waals surface area contributed by atoms with Gasteiger partial charge in [-0.25, -0.2) is 4.98 Å². The predicted octanol–water partition coefficient (Wildman–Crippen LogP) is 1.96. The maximum absolute atomic E-state index is 5.99. The fraction of sp³-hybridized carbons (Fsp3) is 0.615. The van der Waals surface area contributed by atoms with E-state index in [1.165, 1.54) is 12.1 Å². The first-order valence-corrected chi connectivity index (χ1v) is 6.26. The topological polar surface area (TPSA) is 42.1 Å². The van der Waals surface area contributed by atoms with Crippen LogP contribution in [-0.2, 0) is 6.42 Å². The van der Waals surface area contributed by atoms with Gasteiger partial charge >= 0.3 is 0 Å². The predicted molar refractivity (Wildman–Crippen MR) is 67.7 cm³/mol. The van der Waals surface area contributed by atoms with Crippen LogP contribution in [0.3, 0.4) is 0 Å². The van der Waals surface area contributed by atoms with Crippen molar-refractivity contribution < 1.29 is 0 Å². The largest absolute Gasteiger partial charge is 0.355 e. The highest BCUT2D eigenvalue weighted by atomic mass is 15.2. The van der Waals surface area contributed by atoms with Gasteiger partial charge in [-0.15, -0.1) is 0 Å². The molecule has 0 spiro atoms. The average Bonchev–Trinajstić information content (AvgIpc) is 2.30. The fourth-order valence-corrected chi connectivity index (χ4v) is 2.26. The lowest BCUT2D eigenvalue weighted by Gasteiger charge is -2.31. The summed E-state index contributed by atoms with van der Waals surface area (Å²) in [5, 5.41) is 0. The summed E-state index contributed by atoms with van der Waals surface area (Å²) in [6, 6.07) is 6.62. The molecule has 2 heterocycles. The smallest absolute Gasteiger partial charge is 0.128 e. The maximum Gasteiger partial charge on any atom is 0.128 e. The van der Waals surface area contributed by atoms with Crippen molar-refractivity contribution in [3.8, 4) is 0 Å². The summed E-state index contributed by atoms with van der Waals surface area (Å²) in [6.45, 7) is 4.23. The number of pyridine rings is 1. The van der Waals surface area contributed by atoms with Gasteiger partial charge < -0.3 is 10.6 Å². The first-order chi connectivity index (χ1) is 7.79. The van der Waals surface area contributed by atoms with Crippen LogP contribution in [0.25, 0.3) is 0 Å². The van der Waals surface area contributed by atoms with E-state index in [4.69, 9.17) is 10.7 Å². The van der Waals surface area contributed by atoms with Crippen molar-refractivity contribution in [2.75, 3.05) is 18.0 Å². The Hall–Kier alpha value is -1.09. The lowest BCUT2D eigenvalue weighted by Crippen LogP contribution is -2.43. The summed E-state index contributed by atoms with van der Waals surface area (Å²) in [7, 11) is 0. The minimum atomic E-state index is 0.311. The molecule has 1 aliphatic rings. The standard InChI is InChI=1S/C13H21N3/c1-2-5-12-7-3-8-13(15-12)16-9-4-6-11(14)10-16/h3,7-8,11H,2,4-6,9-10,14H2,1H3. The highest BCUT2D eigenvalue weighted by Gasteiger charge is 2.17. The first kappa shape index (κ1) is 11.4. The molecule has 1 atom stereocenters. The number of nitrogens with two attached hydrogens (primary N) is 1. The first-order valence-electron chi connectivity index (χ1n) is 6.26. The minimum absolute atomic E-state index is 0.311. The molecule has 1 fully saturated rings. The van der Waals surface area contributed by atoms with Gasteiger partial charge in [0.15, 0.2) is 0 Å². The Morgan fingerprint density at radius 2 is 2.38 bits per heavy atom. The Labute approximate surface area is 97.7 Å². The van der Waals surface area contributed by atoms with Crippen LogP contribution >= 0.6 is 0 Å². The molecule has 3 nitrogen and oxygen atoms in total. The third-order valence-electron chi connectivity index (χ3n) is 3.08. The van der Waals surface area contributed by atoms with Crippen molar-refractivity contribution in [2.45, 2.75) is 38.6 Å². The summed E-state index contributed by atoms with van der Waals surface area (Å²) >= 11 is 0. The third-order valence-corrected chi connectivity index (χ3v) is 3.08. The number of aryl methyl sites for hydroxylation is 1. The van der Waals surface area contributed by atoms with Gasteiger partial charge in [0.1, 0.15) is 5.82 Å². The summed E-state index contributed by atoms with van der Waals surface area (Å²) in [5.74, 6) is 1.10. The van der Waals surface area contributed by atoms with Gasteiger partial charge in [-0.1, -0.05) is 19.4 Å². The molecule has 2 rings (SSSR count). The maximum atomic E-state index is 5.99. The molecule has 88 valence electrons. The molecule has 0 aliphatic carbocycles. The molecule has 16 heavy (non-hydrogen) atoms. The van der Waals surface area contributed by atoms with Crippen LogP contribution in [0, 0.1) is 0 Å². The van der Waals surface area contributed by atoms with Crippen LogP contribution in [-0.4, -0.2) is 24.1 Å². The second-order valence-electron chi connectivity index (χ2n) is 4.59. The van der Waals surface area contributed by atoms with Gasteiger partial charge in [-0.3, -0.25) is 0 Å². The van der Waals surface area contributed by atoms with Crippen LogP contribution in [0.4, 0.5) is 5.82 Å². The van der Waals surface area contributed by atoms with Crippen LogP contribution in [0.15, 0.2) is 18.2 Å². The van der Waals surface area contributed by atoms with E-state index in [0.717, 1.165) is 38.2 Å². The van der Waals surface area contributed by atoms with E-state index >= 15 is 0 Å². The second kappa shape index (κ2) is 5.30. The average molecular weight is 219 g/mol. The second-order valence-corrected chi connectivity index (χ2v) is 4.59. The summed E-state index contributed by atoms with van der Waals surface area (Å²) in [6.07, 6.45) is 4.54. The Morgan fingerprint density at radius 3 is 3.12 bits per heavy atom. The van der Waals surface area contributed by atoms with Crippen molar-refractivity contribution >= 4 is 5.82 Å². The minimum Gasteiger partial charge on any atom is -0.355 e. The van der Waals surface area contributed by atoms with Gasteiger partial charge in [0.05, 0.1) is 0 Å². The molecule has 3 heteroatoms. The number of anilines is 1. The number of hydrogen-bond donors (Lipinski definition) is 1. The molecular weight excluding hydrogens is 198 g/mol. The molecule has 1 unspecified atom stereocenters. The van der Waals surface area contributed by atoms with Gasteiger partial charge in [-0.05, 0) is 31.4 Å². The lowest BCUT2D eigenvalue weighted by atomic mass is 10.1. The van der Waals surface area contributed by atoms with Crippen LogP contribution < -0.4 is 10.6 Å². The normalized spacial score (nSPS) is 21.1. The zero-order valence-corrected chi connectivity index (χ0v) is 10.0. The van der Waals surface area contributed by atoms with E-state index in [1.807, 2.05) is 0 Å². The number of rotatable bonds is 3. The molecule has 0 saturated carbocycles. The van der Waals surface area contributed by atoms with E-state index in [0.29, 0.717) is 6.04 Å². The van der Waals surface area contributed by atoms with E-state index in [1.54, 1.807) is 0 Å². The lowest BCUT2D eigenvalue weighted by molar-refractivity contribution is 0.503. The zero-order valence-electron chi connectivity index (χ0n) is 10.0. The van der Waals surface area contributed by atoms with Gasteiger partial charge in [0.2, 0.25) is 0 Å². The van der Waals surface area contributed by atoms with E-state index in [2.05, 4.69) is 30.0 Å². The molecule has 0 bridgehead atoms. The van der Waals surface area contributed by atoms with E-state index in [9.17, 15) is 0 Å². The Morgan fingerprint density at radius 1 is 1.50 bits per heavy atom. The number of piperidine rings is 1. The summed E-state index contributed by atoms with van der Waals surface area (Å²) in [4.78, 5) is 7.00. The molecule has 1 aromatic heterocycles. The molecule has 1 aromatic rings.